The van der Waals surface area contributed by atoms with Crippen LogP contribution in [0.15, 0.2) is 6.33 Å². The highest BCUT2D eigenvalue weighted by atomic mass is 16.3. The van der Waals surface area contributed by atoms with Crippen molar-refractivity contribution in [3.63, 3.8) is 0 Å². The second kappa shape index (κ2) is 4.40. The van der Waals surface area contributed by atoms with Gasteiger partial charge in [0.05, 0.1) is 6.54 Å². The molecule has 2 aromatic rings. The second-order valence-electron chi connectivity index (χ2n) is 4.50. The zero-order valence-corrected chi connectivity index (χ0v) is 10.4. The van der Waals surface area contributed by atoms with Crippen LogP contribution in [0.25, 0.3) is 5.78 Å². The van der Waals surface area contributed by atoms with Crippen molar-refractivity contribution in [2.45, 2.75) is 32.7 Å². The number of hydrogen-bond acceptors (Lipinski definition) is 5. The smallest absolute Gasteiger partial charge is 0.391 e. The Bertz CT molecular complexity index is 560. The lowest BCUT2D eigenvalue weighted by atomic mass is 10.1. The summed E-state index contributed by atoms with van der Waals surface area (Å²) in [4.78, 5) is 10.5. The topological polar surface area (TPSA) is 74.0 Å². The number of nitrogens with zero attached hydrogens (tertiary/aromatic N) is 6. The van der Waals surface area contributed by atoms with Gasteiger partial charge in [-0.2, -0.15) is 9.08 Å². The molecule has 1 aliphatic rings. The molecule has 7 nitrogen and oxygen atoms in total. The van der Waals surface area contributed by atoms with E-state index in [1.54, 1.807) is 11.0 Å². The molecule has 0 atom stereocenters. The van der Waals surface area contributed by atoms with Gasteiger partial charge in [0, 0.05) is 18.2 Å². The van der Waals surface area contributed by atoms with Crippen molar-refractivity contribution in [3.05, 3.63) is 6.33 Å². The summed E-state index contributed by atoms with van der Waals surface area (Å²) in [6, 6.07) is -0.305. The normalized spacial score (nSPS) is 16.4. The Hall–Kier alpha value is -1.92. The summed E-state index contributed by atoms with van der Waals surface area (Å²) in [7, 11) is 0. The van der Waals surface area contributed by atoms with Gasteiger partial charge < -0.3 is 10.0 Å². The first kappa shape index (κ1) is 11.2. The molecule has 0 spiro atoms. The van der Waals surface area contributed by atoms with Gasteiger partial charge in [-0.25, -0.2) is 0 Å². The Morgan fingerprint density at radius 2 is 2.06 bits per heavy atom. The SMILES string of the molecule is CCn1c[n+]2c([O-])nc(N3CCCCC3)nc2n1. The number of fused-ring (bicyclic) bond motifs is 1. The Morgan fingerprint density at radius 3 is 2.78 bits per heavy atom. The monoisotopic (exact) mass is 248 g/mol. The lowest BCUT2D eigenvalue weighted by molar-refractivity contribution is -0.593. The summed E-state index contributed by atoms with van der Waals surface area (Å²) < 4.78 is 3.07. The zero-order valence-electron chi connectivity index (χ0n) is 10.4. The summed E-state index contributed by atoms with van der Waals surface area (Å²) in [5, 5.41) is 16.2. The van der Waals surface area contributed by atoms with E-state index in [4.69, 9.17) is 0 Å². The van der Waals surface area contributed by atoms with E-state index in [2.05, 4.69) is 20.0 Å². The van der Waals surface area contributed by atoms with Crippen molar-refractivity contribution in [1.29, 1.82) is 0 Å². The molecular formula is C11H16N6O. The highest BCUT2D eigenvalue weighted by molar-refractivity contribution is 5.34. The molecule has 3 rings (SSSR count). The molecule has 0 unspecified atom stereocenters. The summed E-state index contributed by atoms with van der Waals surface area (Å²) >= 11 is 0. The van der Waals surface area contributed by atoms with Crippen molar-refractivity contribution >= 4 is 11.7 Å². The lowest BCUT2D eigenvalue weighted by Crippen LogP contribution is -2.34. The lowest BCUT2D eigenvalue weighted by Gasteiger charge is -2.24. The molecule has 0 saturated carbocycles. The second-order valence-corrected chi connectivity index (χ2v) is 4.50. The zero-order chi connectivity index (χ0) is 12.5. The molecule has 96 valence electrons. The fourth-order valence-electron chi connectivity index (χ4n) is 2.23. The van der Waals surface area contributed by atoms with Gasteiger partial charge in [-0.3, -0.25) is 0 Å². The largest absolute Gasteiger partial charge is 0.830 e. The quantitative estimate of drug-likeness (QED) is 0.670. The molecule has 7 heteroatoms. The Kier molecular flexibility index (Phi) is 2.73. The highest BCUT2D eigenvalue weighted by Crippen LogP contribution is 2.15. The number of aryl methyl sites for hydroxylation is 1. The molecular weight excluding hydrogens is 232 g/mol. The third-order valence-electron chi connectivity index (χ3n) is 3.25. The van der Waals surface area contributed by atoms with Gasteiger partial charge in [-0.05, 0) is 26.2 Å². The van der Waals surface area contributed by atoms with Gasteiger partial charge in [-0.1, -0.05) is 4.98 Å². The van der Waals surface area contributed by atoms with E-state index in [1.165, 1.54) is 10.8 Å². The number of rotatable bonds is 2. The third-order valence-corrected chi connectivity index (χ3v) is 3.25. The average molecular weight is 248 g/mol. The highest BCUT2D eigenvalue weighted by Gasteiger charge is 2.20. The molecule has 0 aromatic carbocycles. The van der Waals surface area contributed by atoms with Crippen molar-refractivity contribution in [2.75, 3.05) is 18.0 Å². The maximum atomic E-state index is 11.9. The number of anilines is 1. The Morgan fingerprint density at radius 1 is 1.28 bits per heavy atom. The van der Waals surface area contributed by atoms with Crippen LogP contribution < -0.4 is 14.4 Å². The van der Waals surface area contributed by atoms with Gasteiger partial charge in [0.25, 0.3) is 0 Å². The van der Waals surface area contributed by atoms with Crippen molar-refractivity contribution in [3.8, 4) is 6.01 Å². The maximum Gasteiger partial charge on any atom is 0.391 e. The molecule has 1 saturated heterocycles. The van der Waals surface area contributed by atoms with Gasteiger partial charge in [-0.15, -0.1) is 4.98 Å². The van der Waals surface area contributed by atoms with Crippen LogP contribution >= 0.6 is 0 Å². The molecule has 1 fully saturated rings. The Labute approximate surface area is 105 Å². The Balaban J connectivity index is 2.02. The van der Waals surface area contributed by atoms with Crippen LogP contribution in [0.4, 0.5) is 5.95 Å². The van der Waals surface area contributed by atoms with E-state index in [9.17, 15) is 5.11 Å². The van der Waals surface area contributed by atoms with E-state index in [0.29, 0.717) is 18.3 Å². The van der Waals surface area contributed by atoms with E-state index in [-0.39, 0.29) is 6.01 Å². The van der Waals surface area contributed by atoms with E-state index < -0.39 is 0 Å². The summed E-state index contributed by atoms with van der Waals surface area (Å²) in [5.41, 5.74) is 0. The molecule has 1 aliphatic heterocycles. The fourth-order valence-corrected chi connectivity index (χ4v) is 2.23. The van der Waals surface area contributed by atoms with Crippen LogP contribution in [0.1, 0.15) is 26.2 Å². The van der Waals surface area contributed by atoms with Crippen molar-refractivity contribution in [1.82, 2.24) is 19.7 Å². The number of aromatic nitrogens is 5. The van der Waals surface area contributed by atoms with E-state index >= 15 is 0 Å². The van der Waals surface area contributed by atoms with Crippen LogP contribution in [0.2, 0.25) is 0 Å². The van der Waals surface area contributed by atoms with Crippen LogP contribution in [-0.2, 0) is 6.54 Å². The fraction of sp³-hybridized carbons (Fsp3) is 0.636. The van der Waals surface area contributed by atoms with Gasteiger partial charge in [0.1, 0.15) is 0 Å². The first-order valence-electron chi connectivity index (χ1n) is 6.37. The summed E-state index contributed by atoms with van der Waals surface area (Å²) in [5.74, 6) is 0.943. The van der Waals surface area contributed by atoms with Crippen LogP contribution in [-0.4, -0.2) is 32.8 Å². The molecule has 0 radical (unpaired) electrons. The molecule has 3 heterocycles. The van der Waals surface area contributed by atoms with Gasteiger partial charge in [0.2, 0.25) is 0 Å². The predicted molar refractivity (Wildman–Crippen MR) is 62.2 cm³/mol. The average Bonchev–Trinajstić information content (AvgIpc) is 2.83. The molecule has 0 N–H and O–H groups in total. The van der Waals surface area contributed by atoms with Crippen molar-refractivity contribution < 1.29 is 9.51 Å². The van der Waals surface area contributed by atoms with Gasteiger partial charge >= 0.3 is 11.7 Å². The van der Waals surface area contributed by atoms with E-state index in [1.807, 2.05) is 6.92 Å². The minimum Gasteiger partial charge on any atom is -0.830 e. The standard InChI is InChI=1S/C11H16N6O/c1-2-16-8-17-10(14-16)12-9(13-11(17)18)15-6-4-3-5-7-15/h8H,2-7H2,1H3. The van der Waals surface area contributed by atoms with E-state index in [0.717, 1.165) is 25.9 Å². The van der Waals surface area contributed by atoms with Crippen LogP contribution in [0.3, 0.4) is 0 Å². The minimum absolute atomic E-state index is 0.305. The molecule has 0 aliphatic carbocycles. The third kappa shape index (κ3) is 1.85. The van der Waals surface area contributed by atoms with Crippen molar-refractivity contribution in [2.24, 2.45) is 0 Å². The number of hydrogen-bond donors (Lipinski definition) is 0. The number of piperidine rings is 1. The maximum absolute atomic E-state index is 11.9. The van der Waals surface area contributed by atoms with Gasteiger partial charge in [0.15, 0.2) is 12.3 Å². The van der Waals surface area contributed by atoms with Crippen LogP contribution in [0, 0.1) is 0 Å². The van der Waals surface area contributed by atoms with Crippen LogP contribution in [0.5, 0.6) is 6.01 Å². The molecule has 2 aromatic heterocycles. The first-order valence-corrected chi connectivity index (χ1v) is 6.37. The summed E-state index contributed by atoms with van der Waals surface area (Å²) in [6.45, 7) is 4.52. The predicted octanol–water partition coefficient (Wildman–Crippen LogP) is -0.504. The first-order chi connectivity index (χ1) is 8.78. The molecule has 18 heavy (non-hydrogen) atoms. The minimum atomic E-state index is -0.305. The summed E-state index contributed by atoms with van der Waals surface area (Å²) in [6.07, 6.45) is 5.14. The molecule has 0 amide bonds. The molecule has 0 bridgehead atoms.